The lowest BCUT2D eigenvalue weighted by Crippen LogP contribution is -1.93. The Labute approximate surface area is 198 Å². The summed E-state index contributed by atoms with van der Waals surface area (Å²) in [6.45, 7) is 12.0. The van der Waals surface area contributed by atoms with E-state index in [-0.39, 0.29) is 12.6 Å². The third-order valence-corrected chi connectivity index (χ3v) is 4.75. The van der Waals surface area contributed by atoms with Gasteiger partial charge in [0.2, 0.25) is 6.79 Å². The van der Waals surface area contributed by atoms with E-state index in [9.17, 15) is 4.79 Å². The van der Waals surface area contributed by atoms with Crippen molar-refractivity contribution in [3.05, 3.63) is 102 Å². The van der Waals surface area contributed by atoms with Crippen LogP contribution in [0.5, 0.6) is 11.5 Å². The Morgan fingerprint density at radius 2 is 1.42 bits per heavy atom. The third-order valence-electron chi connectivity index (χ3n) is 4.75. The molecule has 33 heavy (non-hydrogen) atoms. The normalized spacial score (nSPS) is 10.4. The lowest BCUT2D eigenvalue weighted by atomic mass is 10.0. The van der Waals surface area contributed by atoms with E-state index in [0.29, 0.717) is 17.1 Å². The average molecular weight is 441 g/mol. The molecule has 3 nitrogen and oxygen atoms in total. The predicted molar refractivity (Wildman–Crippen MR) is 137 cm³/mol. The van der Waals surface area contributed by atoms with Gasteiger partial charge in [0.15, 0.2) is 17.3 Å². The average Bonchev–Trinajstić information content (AvgIpc) is 3.33. The summed E-state index contributed by atoms with van der Waals surface area (Å²) in [6.07, 6.45) is 2.18. The van der Waals surface area contributed by atoms with Crippen molar-refractivity contribution < 1.29 is 14.3 Å². The topological polar surface area (TPSA) is 35.5 Å². The van der Waals surface area contributed by atoms with Gasteiger partial charge >= 0.3 is 0 Å². The fraction of sp³-hybridized carbons (Fsp3) is 0.233. The first-order valence-electron chi connectivity index (χ1n) is 11.3. The van der Waals surface area contributed by atoms with Gasteiger partial charge in [-0.1, -0.05) is 75.9 Å². The number of benzene rings is 3. The second-order valence-electron chi connectivity index (χ2n) is 7.17. The summed E-state index contributed by atoms with van der Waals surface area (Å²) in [5.41, 5.74) is 5.15. The van der Waals surface area contributed by atoms with Crippen LogP contribution in [0.1, 0.15) is 67.6 Å². The van der Waals surface area contributed by atoms with Crippen LogP contribution >= 0.6 is 0 Å². The molecule has 0 saturated carbocycles. The number of rotatable bonds is 4. The van der Waals surface area contributed by atoms with Crippen LogP contribution in [0.2, 0.25) is 0 Å². The Kier molecular flexibility index (Phi) is 10.5. The van der Waals surface area contributed by atoms with Crippen molar-refractivity contribution in [3.63, 3.8) is 0 Å². The minimum atomic E-state index is 0.0355. The zero-order chi connectivity index (χ0) is 24.1. The van der Waals surface area contributed by atoms with Gasteiger partial charge in [0, 0.05) is 16.7 Å². The molecule has 1 aliphatic rings. The van der Waals surface area contributed by atoms with E-state index in [1.54, 1.807) is 18.2 Å². The van der Waals surface area contributed by atoms with Crippen LogP contribution in [0.3, 0.4) is 0 Å². The summed E-state index contributed by atoms with van der Waals surface area (Å²) in [5, 5.41) is 0. The molecule has 3 aromatic rings. The number of hydrogen-bond acceptors (Lipinski definition) is 3. The van der Waals surface area contributed by atoms with Crippen molar-refractivity contribution in [1.82, 2.24) is 0 Å². The molecule has 0 aromatic heterocycles. The fourth-order valence-electron chi connectivity index (χ4n) is 3.02. The molecule has 0 spiro atoms. The summed E-state index contributed by atoms with van der Waals surface area (Å²) in [5.74, 6) is 7.74. The highest BCUT2D eigenvalue weighted by atomic mass is 16.7. The van der Waals surface area contributed by atoms with Crippen LogP contribution in [-0.4, -0.2) is 12.6 Å². The van der Waals surface area contributed by atoms with Gasteiger partial charge in [-0.3, -0.25) is 4.79 Å². The molecule has 3 aromatic carbocycles. The molecule has 4 rings (SSSR count). The molecule has 1 aliphatic heterocycles. The number of ketones is 1. The number of fused-ring (bicyclic) bond motifs is 1. The molecule has 0 fully saturated rings. The SMILES string of the molecule is C=C(CCC)c1ccc(C#Cc2ccccc2)cc1.CC.CC(=O)c1ccc2c(c1)OCO2. The standard InChI is InChI=1S/C19H18.C9H8O3.C2H6/c1-3-7-16(2)19-14-12-18(13-15-19)11-10-17-8-5-4-6-9-17;1-6(10)7-2-3-8-9(4-7)12-5-11-8;1-2/h4-6,8-9,12-15H,2-3,7H2,1H3;2-4H,5H2,1H3;1-2H3. The summed E-state index contributed by atoms with van der Waals surface area (Å²) < 4.78 is 10.2. The molecule has 1 heterocycles. The van der Waals surface area contributed by atoms with E-state index in [0.717, 1.165) is 24.0 Å². The van der Waals surface area contributed by atoms with Crippen molar-refractivity contribution >= 4 is 11.4 Å². The molecule has 170 valence electrons. The third kappa shape index (κ3) is 8.01. The van der Waals surface area contributed by atoms with E-state index < -0.39 is 0 Å². The highest BCUT2D eigenvalue weighted by Gasteiger charge is 2.14. The second-order valence-corrected chi connectivity index (χ2v) is 7.17. The summed E-state index contributed by atoms with van der Waals surface area (Å²) >= 11 is 0. The van der Waals surface area contributed by atoms with Crippen molar-refractivity contribution in [1.29, 1.82) is 0 Å². The maximum atomic E-state index is 10.9. The van der Waals surface area contributed by atoms with Crippen LogP contribution < -0.4 is 9.47 Å². The van der Waals surface area contributed by atoms with Crippen LogP contribution in [-0.2, 0) is 0 Å². The van der Waals surface area contributed by atoms with Crippen molar-refractivity contribution in [3.8, 4) is 23.3 Å². The summed E-state index contributed by atoms with van der Waals surface area (Å²) in [6, 6.07) is 23.6. The number of Topliss-reactive ketones (excluding diaryl/α,β-unsaturated/α-hetero) is 1. The highest BCUT2D eigenvalue weighted by molar-refractivity contribution is 5.94. The molecular formula is C30H32O3. The highest BCUT2D eigenvalue weighted by Crippen LogP contribution is 2.32. The van der Waals surface area contributed by atoms with E-state index in [4.69, 9.17) is 9.47 Å². The Balaban J connectivity index is 0.000000236. The predicted octanol–water partition coefficient (Wildman–Crippen LogP) is 7.54. The molecular weight excluding hydrogens is 408 g/mol. The zero-order valence-electron chi connectivity index (χ0n) is 20.0. The van der Waals surface area contributed by atoms with Crippen molar-refractivity contribution in [2.24, 2.45) is 0 Å². The Morgan fingerprint density at radius 1 is 0.848 bits per heavy atom. The Hall–Kier alpha value is -3.77. The van der Waals surface area contributed by atoms with Gasteiger partial charge in [0.05, 0.1) is 0 Å². The quantitative estimate of drug-likeness (QED) is 0.310. The molecule has 0 unspecified atom stereocenters. The van der Waals surface area contributed by atoms with Gasteiger partial charge in [-0.15, -0.1) is 0 Å². The van der Waals surface area contributed by atoms with Crippen molar-refractivity contribution in [2.75, 3.05) is 6.79 Å². The van der Waals surface area contributed by atoms with Gasteiger partial charge in [0.25, 0.3) is 0 Å². The Morgan fingerprint density at radius 3 is 2.03 bits per heavy atom. The maximum absolute atomic E-state index is 10.9. The first kappa shape index (κ1) is 25.5. The zero-order valence-corrected chi connectivity index (χ0v) is 20.0. The minimum Gasteiger partial charge on any atom is -0.454 e. The first-order valence-corrected chi connectivity index (χ1v) is 11.3. The molecule has 0 bridgehead atoms. The molecule has 0 N–H and O–H groups in total. The van der Waals surface area contributed by atoms with E-state index in [2.05, 4.69) is 49.6 Å². The number of allylic oxidation sites excluding steroid dienone is 1. The largest absolute Gasteiger partial charge is 0.454 e. The summed E-state index contributed by atoms with van der Waals surface area (Å²) in [7, 11) is 0. The number of ether oxygens (including phenoxy) is 2. The van der Waals surface area contributed by atoms with E-state index in [1.165, 1.54) is 18.1 Å². The van der Waals surface area contributed by atoms with Crippen LogP contribution in [0, 0.1) is 11.8 Å². The minimum absolute atomic E-state index is 0.0355. The number of carbonyl (C=O) groups is 1. The molecule has 0 radical (unpaired) electrons. The second kappa shape index (κ2) is 13.6. The van der Waals surface area contributed by atoms with Crippen LogP contribution in [0.4, 0.5) is 0 Å². The fourth-order valence-corrected chi connectivity index (χ4v) is 3.02. The molecule has 0 aliphatic carbocycles. The number of carbonyl (C=O) groups excluding carboxylic acids is 1. The van der Waals surface area contributed by atoms with E-state index >= 15 is 0 Å². The lowest BCUT2D eigenvalue weighted by molar-refractivity contribution is 0.101. The van der Waals surface area contributed by atoms with Gasteiger partial charge in [-0.25, -0.2) is 0 Å². The van der Waals surface area contributed by atoms with Gasteiger partial charge in [-0.2, -0.15) is 0 Å². The van der Waals surface area contributed by atoms with Crippen molar-refractivity contribution in [2.45, 2.75) is 40.5 Å². The van der Waals surface area contributed by atoms with Gasteiger partial charge in [0.1, 0.15) is 0 Å². The summed E-state index contributed by atoms with van der Waals surface area (Å²) in [4.78, 5) is 10.9. The number of hydrogen-bond donors (Lipinski definition) is 0. The Bertz CT molecular complexity index is 1100. The molecule has 3 heteroatoms. The van der Waals surface area contributed by atoms with Crippen LogP contribution in [0.15, 0.2) is 79.4 Å². The first-order chi connectivity index (χ1) is 16.1. The molecule has 0 amide bonds. The smallest absolute Gasteiger partial charge is 0.231 e. The lowest BCUT2D eigenvalue weighted by Gasteiger charge is -2.03. The van der Waals surface area contributed by atoms with Gasteiger partial charge in [-0.05, 0) is 66.9 Å². The maximum Gasteiger partial charge on any atom is 0.231 e. The molecule has 0 saturated heterocycles. The monoisotopic (exact) mass is 440 g/mol. The van der Waals surface area contributed by atoms with Crippen LogP contribution in [0.25, 0.3) is 5.57 Å². The molecule has 0 atom stereocenters. The van der Waals surface area contributed by atoms with Gasteiger partial charge < -0.3 is 9.47 Å². The van der Waals surface area contributed by atoms with E-state index in [1.807, 2.05) is 44.2 Å².